The SMILES string of the molecule is OC1(Cc2ccc(F)c(Cl)c2)CCC(C(F)(F)F)CC1. The van der Waals surface area contributed by atoms with E-state index < -0.39 is 23.5 Å². The number of hydrogen-bond acceptors (Lipinski definition) is 1. The zero-order valence-electron chi connectivity index (χ0n) is 10.7. The van der Waals surface area contributed by atoms with Gasteiger partial charge in [0.1, 0.15) is 5.82 Å². The van der Waals surface area contributed by atoms with E-state index in [2.05, 4.69) is 0 Å². The van der Waals surface area contributed by atoms with Crippen molar-refractivity contribution in [3.63, 3.8) is 0 Å². The molecule has 1 saturated carbocycles. The molecule has 1 nitrogen and oxygen atoms in total. The summed E-state index contributed by atoms with van der Waals surface area (Å²) in [6, 6.07) is 4.10. The standard InChI is InChI=1S/C14H15ClF4O/c15-11-7-9(1-2-12(11)16)8-13(20)5-3-10(4-6-13)14(17,18)19/h1-2,7,10,20H,3-6,8H2. The Morgan fingerprint density at radius 1 is 1.25 bits per heavy atom. The van der Waals surface area contributed by atoms with Crippen LogP contribution in [0.5, 0.6) is 0 Å². The van der Waals surface area contributed by atoms with E-state index in [1.54, 1.807) is 0 Å². The van der Waals surface area contributed by atoms with Gasteiger partial charge in [-0.25, -0.2) is 4.39 Å². The van der Waals surface area contributed by atoms with E-state index in [0.29, 0.717) is 5.56 Å². The number of hydrogen-bond donors (Lipinski definition) is 1. The van der Waals surface area contributed by atoms with Gasteiger partial charge in [0.15, 0.2) is 0 Å². The molecule has 0 unspecified atom stereocenters. The van der Waals surface area contributed by atoms with Gasteiger partial charge in [-0.1, -0.05) is 17.7 Å². The fourth-order valence-electron chi connectivity index (χ4n) is 2.69. The summed E-state index contributed by atoms with van der Waals surface area (Å²) in [5.74, 6) is -1.89. The molecule has 0 aromatic heterocycles. The maximum absolute atomic E-state index is 13.0. The highest BCUT2D eigenvalue weighted by molar-refractivity contribution is 6.30. The molecule has 20 heavy (non-hydrogen) atoms. The zero-order chi connectivity index (χ0) is 15.0. The third kappa shape index (κ3) is 3.64. The van der Waals surface area contributed by atoms with Crippen LogP contribution in [0.25, 0.3) is 0 Å². The molecule has 6 heteroatoms. The quantitative estimate of drug-likeness (QED) is 0.797. The fraction of sp³-hybridized carbons (Fsp3) is 0.571. The average molecular weight is 311 g/mol. The molecule has 2 rings (SSSR count). The van der Waals surface area contributed by atoms with Crippen molar-refractivity contribution < 1.29 is 22.7 Å². The highest BCUT2D eigenvalue weighted by Crippen LogP contribution is 2.42. The predicted molar refractivity (Wildman–Crippen MR) is 68.1 cm³/mol. The summed E-state index contributed by atoms with van der Waals surface area (Å²) in [5, 5.41) is 10.3. The van der Waals surface area contributed by atoms with Crippen molar-refractivity contribution in [2.45, 2.75) is 43.9 Å². The van der Waals surface area contributed by atoms with E-state index in [-0.39, 0.29) is 37.1 Å². The summed E-state index contributed by atoms with van der Waals surface area (Å²) < 4.78 is 50.8. The highest BCUT2D eigenvalue weighted by Gasteiger charge is 2.45. The second-order valence-electron chi connectivity index (χ2n) is 5.47. The van der Waals surface area contributed by atoms with Crippen LogP contribution in [-0.2, 0) is 6.42 Å². The van der Waals surface area contributed by atoms with Gasteiger partial charge in [0.2, 0.25) is 0 Å². The Labute approximate surface area is 119 Å². The largest absolute Gasteiger partial charge is 0.391 e. The van der Waals surface area contributed by atoms with E-state index in [0.717, 1.165) is 0 Å². The van der Waals surface area contributed by atoms with Gasteiger partial charge >= 0.3 is 6.18 Å². The molecule has 1 aromatic carbocycles. The van der Waals surface area contributed by atoms with E-state index in [4.69, 9.17) is 11.6 Å². The van der Waals surface area contributed by atoms with Crippen molar-refractivity contribution in [3.8, 4) is 0 Å². The summed E-state index contributed by atoms with van der Waals surface area (Å²) in [7, 11) is 0. The third-order valence-electron chi connectivity index (χ3n) is 3.90. The van der Waals surface area contributed by atoms with Gasteiger partial charge in [-0.05, 0) is 43.4 Å². The van der Waals surface area contributed by atoms with Crippen molar-refractivity contribution >= 4 is 11.6 Å². The lowest BCUT2D eigenvalue weighted by Gasteiger charge is -2.36. The van der Waals surface area contributed by atoms with Crippen molar-refractivity contribution in [2.24, 2.45) is 5.92 Å². The predicted octanol–water partition coefficient (Wildman–Crippen LogP) is 4.51. The van der Waals surface area contributed by atoms with Gasteiger partial charge in [-0.2, -0.15) is 13.2 Å². The van der Waals surface area contributed by atoms with Crippen molar-refractivity contribution in [2.75, 3.05) is 0 Å². The van der Waals surface area contributed by atoms with Crippen LogP contribution in [0.4, 0.5) is 17.6 Å². The molecular weight excluding hydrogens is 296 g/mol. The lowest BCUT2D eigenvalue weighted by molar-refractivity contribution is -0.192. The molecule has 0 spiro atoms. The molecule has 1 aliphatic carbocycles. The second kappa shape index (κ2) is 5.53. The van der Waals surface area contributed by atoms with Crippen molar-refractivity contribution in [3.05, 3.63) is 34.6 Å². The minimum absolute atomic E-state index is 0.0462. The average Bonchev–Trinajstić information content (AvgIpc) is 2.33. The molecule has 0 amide bonds. The number of benzene rings is 1. The first-order valence-electron chi connectivity index (χ1n) is 6.43. The van der Waals surface area contributed by atoms with Gasteiger partial charge in [0.25, 0.3) is 0 Å². The Bertz CT molecular complexity index is 479. The minimum atomic E-state index is -4.19. The smallest absolute Gasteiger partial charge is 0.390 e. The van der Waals surface area contributed by atoms with Crippen LogP contribution in [0.2, 0.25) is 5.02 Å². The summed E-state index contributed by atoms with van der Waals surface area (Å²) >= 11 is 5.65. The van der Waals surface area contributed by atoms with E-state index in [9.17, 15) is 22.7 Å². The summed E-state index contributed by atoms with van der Waals surface area (Å²) in [4.78, 5) is 0. The molecular formula is C14H15ClF4O. The normalized spacial score (nSPS) is 27.6. The van der Waals surface area contributed by atoms with Crippen molar-refractivity contribution in [1.29, 1.82) is 0 Å². The maximum atomic E-state index is 13.0. The number of rotatable bonds is 2. The Hall–Kier alpha value is -0.810. The molecule has 1 fully saturated rings. The summed E-state index contributed by atoms with van der Waals surface area (Å²) in [5.41, 5.74) is -0.535. The number of aliphatic hydroxyl groups is 1. The van der Waals surface area contributed by atoms with Crippen LogP contribution in [0.1, 0.15) is 31.2 Å². The number of halogens is 5. The topological polar surface area (TPSA) is 20.2 Å². The first kappa shape index (κ1) is 15.6. The molecule has 0 saturated heterocycles. The highest BCUT2D eigenvalue weighted by atomic mass is 35.5. The number of alkyl halides is 3. The van der Waals surface area contributed by atoms with Gasteiger partial charge in [-0.3, -0.25) is 0 Å². The lowest BCUT2D eigenvalue weighted by Crippen LogP contribution is -2.39. The molecule has 0 radical (unpaired) electrons. The Balaban J connectivity index is 2.01. The third-order valence-corrected chi connectivity index (χ3v) is 4.19. The van der Waals surface area contributed by atoms with Gasteiger partial charge in [0.05, 0.1) is 16.5 Å². The summed E-state index contributed by atoms with van der Waals surface area (Å²) in [6.07, 6.45) is -3.97. The monoisotopic (exact) mass is 310 g/mol. The first-order valence-corrected chi connectivity index (χ1v) is 6.80. The molecule has 1 aromatic rings. The Morgan fingerprint density at radius 2 is 1.85 bits per heavy atom. The minimum Gasteiger partial charge on any atom is -0.390 e. The second-order valence-corrected chi connectivity index (χ2v) is 5.87. The van der Waals surface area contributed by atoms with Crippen LogP contribution in [0, 0.1) is 11.7 Å². The zero-order valence-corrected chi connectivity index (χ0v) is 11.4. The van der Waals surface area contributed by atoms with Gasteiger partial charge in [0, 0.05) is 6.42 Å². The first-order chi connectivity index (χ1) is 9.20. The molecule has 1 aliphatic rings. The molecule has 0 heterocycles. The summed E-state index contributed by atoms with van der Waals surface area (Å²) in [6.45, 7) is 0. The van der Waals surface area contributed by atoms with Crippen LogP contribution >= 0.6 is 11.6 Å². The molecule has 112 valence electrons. The van der Waals surface area contributed by atoms with Crippen LogP contribution in [-0.4, -0.2) is 16.9 Å². The van der Waals surface area contributed by atoms with E-state index in [1.165, 1.54) is 18.2 Å². The van der Waals surface area contributed by atoms with Gasteiger partial charge in [-0.15, -0.1) is 0 Å². The molecule has 0 aliphatic heterocycles. The van der Waals surface area contributed by atoms with Crippen molar-refractivity contribution in [1.82, 2.24) is 0 Å². The fourth-order valence-corrected chi connectivity index (χ4v) is 2.89. The lowest BCUT2D eigenvalue weighted by atomic mass is 9.75. The molecule has 0 atom stereocenters. The van der Waals surface area contributed by atoms with Crippen LogP contribution < -0.4 is 0 Å². The van der Waals surface area contributed by atoms with E-state index in [1.807, 2.05) is 0 Å². The maximum Gasteiger partial charge on any atom is 0.391 e. The Kier molecular flexibility index (Phi) is 4.30. The molecule has 1 N–H and O–H groups in total. The molecule has 0 bridgehead atoms. The van der Waals surface area contributed by atoms with E-state index >= 15 is 0 Å². The van der Waals surface area contributed by atoms with Gasteiger partial charge < -0.3 is 5.11 Å². The van der Waals surface area contributed by atoms with Crippen LogP contribution in [0.3, 0.4) is 0 Å². The van der Waals surface area contributed by atoms with Crippen LogP contribution in [0.15, 0.2) is 18.2 Å². The Morgan fingerprint density at radius 3 is 2.35 bits per heavy atom.